The molecule has 0 N–H and O–H groups in total. The van der Waals surface area contributed by atoms with E-state index in [0.717, 1.165) is 11.3 Å². The minimum absolute atomic E-state index is 0.695. The third kappa shape index (κ3) is 1.53. The molecule has 14 heavy (non-hydrogen) atoms. The molecule has 1 aromatic heterocycles. The van der Waals surface area contributed by atoms with Gasteiger partial charge >= 0.3 is 0 Å². The second kappa shape index (κ2) is 3.67. The monoisotopic (exact) mass is 224 g/mol. The summed E-state index contributed by atoms with van der Waals surface area (Å²) in [5, 5.41) is 1.41. The van der Waals surface area contributed by atoms with Crippen molar-refractivity contribution < 1.29 is 0 Å². The number of rotatable bonds is 1. The van der Waals surface area contributed by atoms with Crippen molar-refractivity contribution in [3.05, 3.63) is 35.6 Å². The van der Waals surface area contributed by atoms with E-state index in [2.05, 4.69) is 17.6 Å². The summed E-state index contributed by atoms with van der Waals surface area (Å²) < 4.78 is 1.91. The van der Waals surface area contributed by atoms with Crippen LogP contribution in [-0.4, -0.2) is 9.55 Å². The Hall–Kier alpha value is -0.930. The number of hydrogen-bond acceptors (Lipinski definition) is 2. The molecule has 0 amide bonds. The lowest BCUT2D eigenvalue weighted by molar-refractivity contribution is 0.921. The van der Waals surface area contributed by atoms with Crippen LogP contribution < -0.4 is 0 Å². The second-order valence-electron chi connectivity index (χ2n) is 3.01. The zero-order chi connectivity index (χ0) is 10.1. The highest BCUT2D eigenvalue weighted by Gasteiger charge is 2.10. The molecule has 0 fully saturated rings. The molecule has 1 heterocycles. The van der Waals surface area contributed by atoms with Crippen molar-refractivity contribution in [1.82, 2.24) is 9.55 Å². The van der Waals surface area contributed by atoms with Gasteiger partial charge in [-0.3, -0.25) is 0 Å². The summed E-state index contributed by atoms with van der Waals surface area (Å²) in [5.41, 5.74) is 1.90. The van der Waals surface area contributed by atoms with Crippen LogP contribution in [0.2, 0.25) is 5.02 Å². The fraction of sp³-hybridized carbons (Fsp3) is 0.100. The summed E-state index contributed by atoms with van der Waals surface area (Å²) >= 11 is 10.4. The van der Waals surface area contributed by atoms with Crippen molar-refractivity contribution in [1.29, 1.82) is 0 Å². The van der Waals surface area contributed by atoms with E-state index in [9.17, 15) is 0 Å². The predicted octanol–water partition coefficient (Wildman–Crippen LogP) is 3.03. The minimum atomic E-state index is 0.695. The molecule has 4 heteroatoms. The van der Waals surface area contributed by atoms with E-state index in [1.54, 1.807) is 6.33 Å². The van der Waals surface area contributed by atoms with Crippen LogP contribution >= 0.6 is 24.2 Å². The van der Waals surface area contributed by atoms with Gasteiger partial charge in [0.25, 0.3) is 0 Å². The Morgan fingerprint density at radius 3 is 2.64 bits per heavy atom. The van der Waals surface area contributed by atoms with Gasteiger partial charge < -0.3 is 4.57 Å². The van der Waals surface area contributed by atoms with E-state index in [4.69, 9.17) is 11.6 Å². The number of nitrogens with zero attached hydrogens (tertiary/aromatic N) is 2. The molecular formula is C10H9ClN2S. The first-order valence-electron chi connectivity index (χ1n) is 4.15. The standard InChI is InChI=1S/C10H9ClN2S/c1-13-6-12-10(14)9(13)7-4-2-3-5-8(7)11/h2-6,14H,1H3. The van der Waals surface area contributed by atoms with E-state index in [1.165, 1.54) is 0 Å². The van der Waals surface area contributed by atoms with Crippen LogP contribution in [0.25, 0.3) is 11.3 Å². The van der Waals surface area contributed by atoms with E-state index in [-0.39, 0.29) is 0 Å². The number of imidazole rings is 1. The molecule has 0 bridgehead atoms. The summed E-state index contributed by atoms with van der Waals surface area (Å²) in [6.45, 7) is 0. The Labute approximate surface area is 93.0 Å². The number of benzene rings is 1. The highest BCUT2D eigenvalue weighted by molar-refractivity contribution is 7.80. The minimum Gasteiger partial charge on any atom is -0.333 e. The number of halogens is 1. The summed E-state index contributed by atoms with van der Waals surface area (Å²) in [7, 11) is 1.92. The van der Waals surface area contributed by atoms with Gasteiger partial charge in [0, 0.05) is 17.6 Å². The highest BCUT2D eigenvalue weighted by atomic mass is 35.5. The topological polar surface area (TPSA) is 17.8 Å². The van der Waals surface area contributed by atoms with Crippen LogP contribution in [0, 0.1) is 0 Å². The Morgan fingerprint density at radius 2 is 2.07 bits per heavy atom. The Kier molecular flexibility index (Phi) is 2.52. The summed E-state index contributed by atoms with van der Waals surface area (Å²) in [5.74, 6) is 0. The van der Waals surface area contributed by atoms with Crippen LogP contribution in [0.4, 0.5) is 0 Å². The van der Waals surface area contributed by atoms with Gasteiger partial charge in [-0.05, 0) is 6.07 Å². The van der Waals surface area contributed by atoms with Crippen LogP contribution in [0.15, 0.2) is 35.6 Å². The van der Waals surface area contributed by atoms with Crippen molar-refractivity contribution in [2.24, 2.45) is 7.05 Å². The molecule has 0 unspecified atom stereocenters. The Balaban J connectivity index is 2.66. The summed E-state index contributed by atoms with van der Waals surface area (Å²) in [6.07, 6.45) is 1.72. The second-order valence-corrected chi connectivity index (χ2v) is 3.84. The fourth-order valence-corrected chi connectivity index (χ4v) is 1.94. The molecule has 0 spiro atoms. The first-order valence-corrected chi connectivity index (χ1v) is 4.98. The van der Waals surface area contributed by atoms with Crippen molar-refractivity contribution in [2.45, 2.75) is 5.03 Å². The maximum absolute atomic E-state index is 6.08. The normalized spacial score (nSPS) is 10.5. The molecule has 0 saturated heterocycles. The maximum Gasteiger partial charge on any atom is 0.119 e. The zero-order valence-corrected chi connectivity index (χ0v) is 9.26. The molecule has 0 atom stereocenters. The third-order valence-corrected chi connectivity index (χ3v) is 2.70. The van der Waals surface area contributed by atoms with Crippen LogP contribution in [0.3, 0.4) is 0 Å². The molecule has 2 nitrogen and oxygen atoms in total. The average molecular weight is 225 g/mol. The molecule has 2 rings (SSSR count). The first-order chi connectivity index (χ1) is 6.70. The van der Waals surface area contributed by atoms with Gasteiger partial charge in [0.15, 0.2) is 0 Å². The van der Waals surface area contributed by atoms with Gasteiger partial charge in [0.1, 0.15) is 5.03 Å². The lowest BCUT2D eigenvalue weighted by Gasteiger charge is -2.05. The largest absolute Gasteiger partial charge is 0.333 e. The van der Waals surface area contributed by atoms with Crippen LogP contribution in [-0.2, 0) is 7.05 Å². The zero-order valence-electron chi connectivity index (χ0n) is 7.61. The summed E-state index contributed by atoms with van der Waals surface area (Å²) in [6, 6.07) is 7.66. The molecule has 0 aliphatic rings. The predicted molar refractivity (Wildman–Crippen MR) is 60.9 cm³/mol. The average Bonchev–Trinajstić information content (AvgIpc) is 2.48. The molecule has 72 valence electrons. The van der Waals surface area contributed by atoms with Crippen molar-refractivity contribution in [3.8, 4) is 11.3 Å². The van der Waals surface area contributed by atoms with E-state index < -0.39 is 0 Å². The van der Waals surface area contributed by atoms with E-state index in [1.807, 2.05) is 35.9 Å². The SMILES string of the molecule is Cn1cnc(S)c1-c1ccccc1Cl. The van der Waals surface area contributed by atoms with Crippen molar-refractivity contribution in [2.75, 3.05) is 0 Å². The van der Waals surface area contributed by atoms with Crippen LogP contribution in [0.5, 0.6) is 0 Å². The van der Waals surface area contributed by atoms with Gasteiger partial charge in [0.2, 0.25) is 0 Å². The number of thiol groups is 1. The molecule has 1 aromatic carbocycles. The molecule has 0 saturated carbocycles. The number of aromatic nitrogens is 2. The number of hydrogen-bond donors (Lipinski definition) is 1. The van der Waals surface area contributed by atoms with E-state index in [0.29, 0.717) is 10.0 Å². The van der Waals surface area contributed by atoms with Gasteiger partial charge in [-0.1, -0.05) is 29.8 Å². The maximum atomic E-state index is 6.08. The quantitative estimate of drug-likeness (QED) is 0.738. The Bertz CT molecular complexity index is 445. The van der Waals surface area contributed by atoms with Gasteiger partial charge in [-0.15, -0.1) is 12.6 Å². The van der Waals surface area contributed by atoms with Gasteiger partial charge in [0.05, 0.1) is 12.0 Å². The number of aryl methyl sites for hydroxylation is 1. The van der Waals surface area contributed by atoms with Gasteiger partial charge in [-0.25, -0.2) is 4.98 Å². The van der Waals surface area contributed by atoms with E-state index >= 15 is 0 Å². The molecule has 2 aromatic rings. The summed E-state index contributed by atoms with van der Waals surface area (Å²) in [4.78, 5) is 4.10. The lowest BCUT2D eigenvalue weighted by Crippen LogP contribution is -1.90. The van der Waals surface area contributed by atoms with Crippen LogP contribution in [0.1, 0.15) is 0 Å². The fourth-order valence-electron chi connectivity index (χ4n) is 1.38. The van der Waals surface area contributed by atoms with Gasteiger partial charge in [-0.2, -0.15) is 0 Å². The third-order valence-electron chi connectivity index (χ3n) is 2.05. The Morgan fingerprint density at radius 1 is 1.36 bits per heavy atom. The van der Waals surface area contributed by atoms with Crippen molar-refractivity contribution in [3.63, 3.8) is 0 Å². The molecule has 0 aliphatic heterocycles. The van der Waals surface area contributed by atoms with Crippen molar-refractivity contribution >= 4 is 24.2 Å². The molecule has 0 aliphatic carbocycles. The molecular weight excluding hydrogens is 216 g/mol. The smallest absolute Gasteiger partial charge is 0.119 e. The first kappa shape index (κ1) is 9.62. The highest BCUT2D eigenvalue weighted by Crippen LogP contribution is 2.30. The lowest BCUT2D eigenvalue weighted by atomic mass is 10.2. The molecule has 0 radical (unpaired) electrons.